The molecule has 1 atom stereocenters. The SMILES string of the molecule is Cc1csc(CC(NN)c2ccnn2-c2ccccc2)n1. The number of para-hydroxylation sites is 1. The molecule has 3 rings (SSSR count). The van der Waals surface area contributed by atoms with Gasteiger partial charge in [0.25, 0.3) is 0 Å². The Labute approximate surface area is 127 Å². The van der Waals surface area contributed by atoms with Crippen LogP contribution in [0.1, 0.15) is 22.4 Å². The molecule has 6 heteroatoms. The van der Waals surface area contributed by atoms with Gasteiger partial charge in [-0.3, -0.25) is 11.3 Å². The first kappa shape index (κ1) is 13.9. The number of hydrogen-bond donors (Lipinski definition) is 2. The molecule has 0 saturated heterocycles. The number of aryl methyl sites for hydroxylation is 1. The lowest BCUT2D eigenvalue weighted by Gasteiger charge is -2.16. The molecule has 0 spiro atoms. The van der Waals surface area contributed by atoms with E-state index in [9.17, 15) is 0 Å². The molecule has 3 N–H and O–H groups in total. The highest BCUT2D eigenvalue weighted by molar-refractivity contribution is 7.09. The molecule has 0 aliphatic rings. The Morgan fingerprint density at radius 3 is 2.76 bits per heavy atom. The zero-order chi connectivity index (χ0) is 14.7. The lowest BCUT2D eigenvalue weighted by atomic mass is 10.1. The summed E-state index contributed by atoms with van der Waals surface area (Å²) in [5.41, 5.74) is 5.97. The zero-order valence-corrected chi connectivity index (χ0v) is 12.5. The number of aromatic nitrogens is 3. The van der Waals surface area contributed by atoms with E-state index >= 15 is 0 Å². The van der Waals surface area contributed by atoms with E-state index in [1.165, 1.54) is 0 Å². The first-order valence-corrected chi connectivity index (χ1v) is 7.62. The highest BCUT2D eigenvalue weighted by Crippen LogP contribution is 2.22. The van der Waals surface area contributed by atoms with Crippen LogP contribution in [-0.2, 0) is 6.42 Å². The minimum Gasteiger partial charge on any atom is -0.271 e. The van der Waals surface area contributed by atoms with Gasteiger partial charge in [0.05, 0.1) is 22.4 Å². The van der Waals surface area contributed by atoms with Crippen molar-refractivity contribution >= 4 is 11.3 Å². The molecule has 1 unspecified atom stereocenters. The van der Waals surface area contributed by atoms with E-state index in [1.54, 1.807) is 17.5 Å². The van der Waals surface area contributed by atoms with E-state index in [-0.39, 0.29) is 6.04 Å². The average Bonchev–Trinajstić information content (AvgIpc) is 3.14. The second kappa shape index (κ2) is 6.17. The second-order valence-corrected chi connectivity index (χ2v) is 5.75. The number of nitrogens with one attached hydrogen (secondary N) is 1. The predicted molar refractivity (Wildman–Crippen MR) is 84.2 cm³/mol. The van der Waals surface area contributed by atoms with Crippen LogP contribution in [0.5, 0.6) is 0 Å². The maximum absolute atomic E-state index is 5.75. The molecule has 1 aromatic carbocycles. The summed E-state index contributed by atoms with van der Waals surface area (Å²) in [6.45, 7) is 2.00. The Bertz CT molecular complexity index is 704. The summed E-state index contributed by atoms with van der Waals surface area (Å²) < 4.78 is 1.91. The Morgan fingerprint density at radius 2 is 2.10 bits per heavy atom. The van der Waals surface area contributed by atoms with Gasteiger partial charge in [-0.15, -0.1) is 11.3 Å². The summed E-state index contributed by atoms with van der Waals surface area (Å²) in [7, 11) is 0. The fraction of sp³-hybridized carbons (Fsp3) is 0.200. The van der Waals surface area contributed by atoms with Crippen LogP contribution < -0.4 is 11.3 Å². The number of hydrazine groups is 1. The molecule has 108 valence electrons. The van der Waals surface area contributed by atoms with Gasteiger partial charge in [-0.1, -0.05) is 18.2 Å². The van der Waals surface area contributed by atoms with Gasteiger partial charge in [-0.25, -0.2) is 9.67 Å². The number of rotatable bonds is 5. The normalized spacial score (nSPS) is 12.5. The van der Waals surface area contributed by atoms with Crippen molar-refractivity contribution in [1.29, 1.82) is 0 Å². The van der Waals surface area contributed by atoms with Crippen LogP contribution in [-0.4, -0.2) is 14.8 Å². The summed E-state index contributed by atoms with van der Waals surface area (Å²) >= 11 is 1.66. The first-order chi connectivity index (χ1) is 10.3. The molecule has 0 saturated carbocycles. The van der Waals surface area contributed by atoms with E-state index in [1.807, 2.05) is 48.0 Å². The van der Waals surface area contributed by atoms with E-state index in [0.717, 1.165) is 28.5 Å². The van der Waals surface area contributed by atoms with Crippen molar-refractivity contribution in [2.45, 2.75) is 19.4 Å². The molecule has 0 bridgehead atoms. The molecule has 0 fully saturated rings. The highest BCUT2D eigenvalue weighted by Gasteiger charge is 2.17. The zero-order valence-electron chi connectivity index (χ0n) is 11.7. The first-order valence-electron chi connectivity index (χ1n) is 6.74. The van der Waals surface area contributed by atoms with E-state index in [2.05, 4.69) is 20.9 Å². The molecule has 0 amide bonds. The summed E-state index contributed by atoms with van der Waals surface area (Å²) in [5, 5.41) is 7.53. The maximum atomic E-state index is 5.75. The third kappa shape index (κ3) is 3.02. The Hall–Kier alpha value is -2.02. The van der Waals surface area contributed by atoms with E-state index in [4.69, 9.17) is 5.84 Å². The van der Waals surface area contributed by atoms with Crippen molar-refractivity contribution in [3.05, 3.63) is 64.4 Å². The molecular weight excluding hydrogens is 282 g/mol. The topological polar surface area (TPSA) is 68.8 Å². The van der Waals surface area contributed by atoms with Crippen LogP contribution in [0, 0.1) is 6.92 Å². The largest absolute Gasteiger partial charge is 0.271 e. The molecule has 21 heavy (non-hydrogen) atoms. The van der Waals surface area contributed by atoms with Gasteiger partial charge in [0.1, 0.15) is 0 Å². The minimum absolute atomic E-state index is 0.0294. The molecule has 3 aromatic rings. The monoisotopic (exact) mass is 299 g/mol. The van der Waals surface area contributed by atoms with Crippen molar-refractivity contribution in [2.75, 3.05) is 0 Å². The van der Waals surface area contributed by atoms with E-state index < -0.39 is 0 Å². The van der Waals surface area contributed by atoms with E-state index in [0.29, 0.717) is 0 Å². The van der Waals surface area contributed by atoms with Crippen molar-refractivity contribution in [3.8, 4) is 5.69 Å². The minimum atomic E-state index is -0.0294. The third-order valence-corrected chi connectivity index (χ3v) is 4.27. The van der Waals surface area contributed by atoms with Gasteiger partial charge in [0, 0.05) is 23.7 Å². The van der Waals surface area contributed by atoms with Crippen LogP contribution in [0.25, 0.3) is 5.69 Å². The Morgan fingerprint density at radius 1 is 1.29 bits per heavy atom. The summed E-state index contributed by atoms with van der Waals surface area (Å²) in [4.78, 5) is 4.50. The number of benzene rings is 1. The van der Waals surface area contributed by atoms with Crippen LogP contribution >= 0.6 is 11.3 Å². The van der Waals surface area contributed by atoms with Gasteiger partial charge >= 0.3 is 0 Å². The van der Waals surface area contributed by atoms with Gasteiger partial charge < -0.3 is 0 Å². The standard InChI is InChI=1S/C15H17N5S/c1-11-10-21-15(18-11)9-13(19-16)14-7-8-17-20(14)12-5-3-2-4-6-12/h2-8,10,13,19H,9,16H2,1H3. The Kier molecular flexibility index (Phi) is 4.10. The van der Waals surface area contributed by atoms with Crippen molar-refractivity contribution < 1.29 is 0 Å². The van der Waals surface area contributed by atoms with Gasteiger partial charge in [-0.2, -0.15) is 5.10 Å². The highest BCUT2D eigenvalue weighted by atomic mass is 32.1. The lowest BCUT2D eigenvalue weighted by molar-refractivity contribution is 0.521. The van der Waals surface area contributed by atoms with Crippen LogP contribution in [0.2, 0.25) is 0 Å². The summed E-state index contributed by atoms with van der Waals surface area (Å²) in [6.07, 6.45) is 2.54. The lowest BCUT2D eigenvalue weighted by Crippen LogP contribution is -2.31. The summed E-state index contributed by atoms with van der Waals surface area (Å²) in [5.74, 6) is 5.75. The number of thiazole rings is 1. The van der Waals surface area contributed by atoms with Crippen LogP contribution in [0.3, 0.4) is 0 Å². The van der Waals surface area contributed by atoms with Crippen LogP contribution in [0.15, 0.2) is 48.0 Å². The van der Waals surface area contributed by atoms with Crippen molar-refractivity contribution in [3.63, 3.8) is 0 Å². The third-order valence-electron chi connectivity index (χ3n) is 3.28. The number of nitrogens with zero attached hydrogens (tertiary/aromatic N) is 3. The smallest absolute Gasteiger partial charge is 0.0948 e. The van der Waals surface area contributed by atoms with Crippen molar-refractivity contribution in [1.82, 2.24) is 20.2 Å². The maximum Gasteiger partial charge on any atom is 0.0948 e. The molecule has 2 aromatic heterocycles. The fourth-order valence-electron chi connectivity index (χ4n) is 2.28. The molecule has 0 aliphatic carbocycles. The quantitative estimate of drug-likeness (QED) is 0.560. The van der Waals surface area contributed by atoms with Crippen molar-refractivity contribution in [2.24, 2.45) is 5.84 Å². The molecular formula is C15H17N5S. The summed E-state index contributed by atoms with van der Waals surface area (Å²) in [6, 6.07) is 12.0. The number of hydrogen-bond acceptors (Lipinski definition) is 5. The average molecular weight is 299 g/mol. The van der Waals surface area contributed by atoms with Gasteiger partial charge in [0.15, 0.2) is 0 Å². The van der Waals surface area contributed by atoms with Gasteiger partial charge in [0.2, 0.25) is 0 Å². The Balaban J connectivity index is 1.90. The van der Waals surface area contributed by atoms with Crippen LogP contribution in [0.4, 0.5) is 0 Å². The molecule has 0 radical (unpaired) electrons. The van der Waals surface area contributed by atoms with Gasteiger partial charge in [-0.05, 0) is 25.1 Å². The molecule has 0 aliphatic heterocycles. The fourth-order valence-corrected chi connectivity index (χ4v) is 3.10. The number of nitrogens with two attached hydrogens (primary N) is 1. The predicted octanol–water partition coefficient (Wildman–Crippen LogP) is 2.38. The molecule has 2 heterocycles. The second-order valence-electron chi connectivity index (χ2n) is 4.81. The molecule has 5 nitrogen and oxygen atoms in total.